The highest BCUT2D eigenvalue weighted by Gasteiger charge is 2.35. The molecule has 0 aromatic heterocycles. The predicted molar refractivity (Wildman–Crippen MR) is 100 cm³/mol. The first kappa shape index (κ1) is 21.1. The number of amides is 1. The monoisotopic (exact) mass is 397 g/mol. The van der Waals surface area contributed by atoms with E-state index in [1.165, 1.54) is 29.2 Å². The summed E-state index contributed by atoms with van der Waals surface area (Å²) in [4.78, 5) is 25.8. The lowest BCUT2D eigenvalue weighted by atomic mass is 10.1. The third-order valence-electron chi connectivity index (χ3n) is 4.13. The van der Waals surface area contributed by atoms with Crippen molar-refractivity contribution in [3.8, 4) is 0 Å². The topological polar surface area (TPSA) is 80.8 Å². The maximum absolute atomic E-state index is 13.1. The van der Waals surface area contributed by atoms with Crippen molar-refractivity contribution in [1.82, 2.24) is 4.90 Å². The molecule has 8 heteroatoms. The fraction of sp³-hybridized carbons (Fsp3) is 0.474. The fourth-order valence-electron chi connectivity index (χ4n) is 2.91. The van der Waals surface area contributed by atoms with Crippen LogP contribution in [0.2, 0.25) is 0 Å². The molecule has 1 aliphatic rings. The Morgan fingerprint density at radius 3 is 2.70 bits per heavy atom. The zero-order valence-electron chi connectivity index (χ0n) is 15.4. The quantitative estimate of drug-likeness (QED) is 0.520. The van der Waals surface area contributed by atoms with E-state index in [0.29, 0.717) is 18.5 Å². The van der Waals surface area contributed by atoms with E-state index < -0.39 is 34.1 Å². The predicted octanol–water partition coefficient (Wildman–Crippen LogP) is 2.05. The van der Waals surface area contributed by atoms with Gasteiger partial charge in [0.1, 0.15) is 5.82 Å². The van der Waals surface area contributed by atoms with Gasteiger partial charge >= 0.3 is 5.97 Å². The molecule has 1 aliphatic heterocycles. The van der Waals surface area contributed by atoms with E-state index in [2.05, 4.69) is 0 Å². The van der Waals surface area contributed by atoms with Gasteiger partial charge in [-0.2, -0.15) is 0 Å². The van der Waals surface area contributed by atoms with Crippen molar-refractivity contribution in [2.24, 2.45) is 5.92 Å². The molecule has 0 bridgehead atoms. The van der Waals surface area contributed by atoms with Crippen molar-refractivity contribution in [3.63, 3.8) is 0 Å². The summed E-state index contributed by atoms with van der Waals surface area (Å²) >= 11 is 0. The number of hydrogen-bond acceptors (Lipinski definition) is 5. The van der Waals surface area contributed by atoms with Crippen LogP contribution in [0.5, 0.6) is 0 Å². The normalized spacial score (nSPS) is 18.7. The van der Waals surface area contributed by atoms with E-state index >= 15 is 0 Å². The van der Waals surface area contributed by atoms with Crippen molar-refractivity contribution in [1.29, 1.82) is 0 Å². The molecule has 148 valence electrons. The number of esters is 1. The second kappa shape index (κ2) is 9.12. The Hall–Kier alpha value is -2.22. The van der Waals surface area contributed by atoms with Gasteiger partial charge in [0.2, 0.25) is 0 Å². The van der Waals surface area contributed by atoms with Gasteiger partial charge in [-0.3, -0.25) is 4.79 Å². The van der Waals surface area contributed by atoms with Gasteiger partial charge in [0.25, 0.3) is 5.91 Å². The van der Waals surface area contributed by atoms with E-state index in [1.54, 1.807) is 6.07 Å². The van der Waals surface area contributed by atoms with Gasteiger partial charge in [-0.05, 0) is 36.1 Å². The second-order valence-electron chi connectivity index (χ2n) is 6.99. The molecule has 1 heterocycles. The molecule has 27 heavy (non-hydrogen) atoms. The Balaban J connectivity index is 1.93. The molecule has 0 radical (unpaired) electrons. The van der Waals surface area contributed by atoms with Gasteiger partial charge in [-0.15, -0.1) is 0 Å². The minimum Gasteiger partial charge on any atom is -0.452 e. The van der Waals surface area contributed by atoms with Crippen LogP contribution in [-0.2, 0) is 24.2 Å². The molecule has 0 saturated carbocycles. The van der Waals surface area contributed by atoms with Crippen molar-refractivity contribution < 1.29 is 27.1 Å². The van der Waals surface area contributed by atoms with Gasteiger partial charge < -0.3 is 9.64 Å². The van der Waals surface area contributed by atoms with Gasteiger partial charge in [0, 0.05) is 18.7 Å². The fourth-order valence-corrected chi connectivity index (χ4v) is 4.64. The maximum atomic E-state index is 13.1. The summed E-state index contributed by atoms with van der Waals surface area (Å²) in [5, 5.41) is 0. The smallest absolute Gasteiger partial charge is 0.331 e. The molecule has 1 amide bonds. The third-order valence-corrected chi connectivity index (χ3v) is 5.88. The summed E-state index contributed by atoms with van der Waals surface area (Å²) in [6.07, 6.45) is 2.91. The summed E-state index contributed by atoms with van der Waals surface area (Å²) < 4.78 is 41.5. The van der Waals surface area contributed by atoms with Gasteiger partial charge in [-0.1, -0.05) is 26.0 Å². The SMILES string of the molecule is CC(C)CN(C(=O)COC(=O)/C=C/c1cccc(F)c1)[C@@H]1CCS(=O)(=O)C1. The first-order valence-electron chi connectivity index (χ1n) is 8.76. The highest BCUT2D eigenvalue weighted by molar-refractivity contribution is 7.91. The number of ether oxygens (including phenoxy) is 1. The van der Waals surface area contributed by atoms with E-state index in [9.17, 15) is 22.4 Å². The lowest BCUT2D eigenvalue weighted by molar-refractivity contribution is -0.149. The van der Waals surface area contributed by atoms with Gasteiger partial charge in [-0.25, -0.2) is 17.6 Å². The van der Waals surface area contributed by atoms with Crippen molar-refractivity contribution in [3.05, 3.63) is 41.7 Å². The van der Waals surface area contributed by atoms with E-state index in [0.717, 1.165) is 6.08 Å². The number of rotatable bonds is 7. The van der Waals surface area contributed by atoms with Crippen molar-refractivity contribution >= 4 is 27.8 Å². The molecule has 0 unspecified atom stereocenters. The summed E-state index contributed by atoms with van der Waals surface area (Å²) in [7, 11) is -3.13. The minimum atomic E-state index is -3.13. The third kappa shape index (κ3) is 6.78. The van der Waals surface area contributed by atoms with E-state index in [1.807, 2.05) is 13.8 Å². The molecule has 0 spiro atoms. The maximum Gasteiger partial charge on any atom is 0.331 e. The second-order valence-corrected chi connectivity index (χ2v) is 9.22. The van der Waals surface area contributed by atoms with Crippen LogP contribution in [0, 0.1) is 11.7 Å². The van der Waals surface area contributed by atoms with Crippen LogP contribution in [0.25, 0.3) is 6.08 Å². The lowest BCUT2D eigenvalue weighted by Gasteiger charge is -2.29. The minimum absolute atomic E-state index is 0.0567. The molecule has 1 saturated heterocycles. The van der Waals surface area contributed by atoms with Gasteiger partial charge in [0.15, 0.2) is 16.4 Å². The van der Waals surface area contributed by atoms with Crippen LogP contribution in [0.4, 0.5) is 4.39 Å². The van der Waals surface area contributed by atoms with Crippen molar-refractivity contribution in [2.45, 2.75) is 26.3 Å². The largest absolute Gasteiger partial charge is 0.452 e. The summed E-state index contributed by atoms with van der Waals surface area (Å²) in [6, 6.07) is 5.32. The van der Waals surface area contributed by atoms with Crippen LogP contribution in [0.1, 0.15) is 25.8 Å². The number of sulfone groups is 1. The average molecular weight is 397 g/mol. The summed E-state index contributed by atoms with van der Waals surface area (Å²) in [5.41, 5.74) is 0.496. The molecular formula is C19H24FNO5S. The lowest BCUT2D eigenvalue weighted by Crippen LogP contribution is -2.45. The Labute approximate surface area is 158 Å². The van der Waals surface area contributed by atoms with Gasteiger partial charge in [0.05, 0.1) is 11.5 Å². The first-order valence-corrected chi connectivity index (χ1v) is 10.6. The highest BCUT2D eigenvalue weighted by atomic mass is 32.2. The molecule has 1 fully saturated rings. The van der Waals surface area contributed by atoms with E-state index in [4.69, 9.17) is 4.74 Å². The summed E-state index contributed by atoms with van der Waals surface area (Å²) in [5.74, 6) is -1.40. The molecule has 1 aromatic carbocycles. The standard InChI is InChI=1S/C19H24FNO5S/c1-14(2)11-21(17-8-9-27(24,25)13-17)18(22)12-26-19(23)7-6-15-4-3-5-16(20)10-15/h3-7,10,14,17H,8-9,11-13H2,1-2H3/b7-6+/t17-/m1/s1. The summed E-state index contributed by atoms with van der Waals surface area (Å²) in [6.45, 7) is 3.79. The average Bonchev–Trinajstić information content (AvgIpc) is 2.95. The van der Waals surface area contributed by atoms with Crippen LogP contribution < -0.4 is 0 Å². The van der Waals surface area contributed by atoms with Crippen LogP contribution in [0.15, 0.2) is 30.3 Å². The Morgan fingerprint density at radius 2 is 2.11 bits per heavy atom. The van der Waals surface area contributed by atoms with Crippen molar-refractivity contribution in [2.75, 3.05) is 24.7 Å². The molecule has 6 nitrogen and oxygen atoms in total. The Morgan fingerprint density at radius 1 is 1.37 bits per heavy atom. The van der Waals surface area contributed by atoms with Crippen LogP contribution in [-0.4, -0.2) is 55.9 Å². The Kier molecular flexibility index (Phi) is 7.12. The number of nitrogens with zero attached hydrogens (tertiary/aromatic N) is 1. The zero-order valence-corrected chi connectivity index (χ0v) is 16.2. The molecule has 0 N–H and O–H groups in total. The molecule has 2 rings (SSSR count). The van der Waals surface area contributed by atoms with Crippen LogP contribution in [0.3, 0.4) is 0 Å². The molecule has 1 aromatic rings. The first-order chi connectivity index (χ1) is 12.7. The molecule has 1 atom stereocenters. The number of halogens is 1. The van der Waals surface area contributed by atoms with E-state index in [-0.39, 0.29) is 23.5 Å². The number of carbonyl (C=O) groups excluding carboxylic acids is 2. The van der Waals surface area contributed by atoms with Crippen LogP contribution >= 0.6 is 0 Å². The molecular weight excluding hydrogens is 373 g/mol. The zero-order chi connectivity index (χ0) is 20.0. The number of hydrogen-bond donors (Lipinski definition) is 0. The Bertz CT molecular complexity index is 819. The number of benzene rings is 1. The molecule has 0 aliphatic carbocycles. The highest BCUT2D eigenvalue weighted by Crippen LogP contribution is 2.19. The number of carbonyl (C=O) groups is 2.